The number of likely N-dealkylation sites (tertiary alicyclic amines) is 1. The van der Waals surface area contributed by atoms with Gasteiger partial charge in [0.2, 0.25) is 0 Å². The first-order valence-electron chi connectivity index (χ1n) is 5.57. The first-order valence-corrected chi connectivity index (χ1v) is 5.57. The molecule has 1 saturated heterocycles. The highest BCUT2D eigenvalue weighted by Gasteiger charge is 2.18. The number of nitrogens with two attached hydrogens (primary N) is 1. The quantitative estimate of drug-likeness (QED) is 0.733. The fourth-order valence-electron chi connectivity index (χ4n) is 1.88. The van der Waals surface area contributed by atoms with Crippen LogP contribution in [0.25, 0.3) is 0 Å². The molecule has 0 bridgehead atoms. The van der Waals surface area contributed by atoms with E-state index in [1.54, 1.807) is 0 Å². The molecule has 3 nitrogen and oxygen atoms in total. The summed E-state index contributed by atoms with van der Waals surface area (Å²) in [6.07, 6.45) is 2.78. The molecule has 0 amide bonds. The molecule has 0 aliphatic carbocycles. The van der Waals surface area contributed by atoms with Crippen molar-refractivity contribution in [2.75, 3.05) is 19.6 Å². The van der Waals surface area contributed by atoms with Crippen molar-refractivity contribution in [3.8, 4) is 0 Å². The third-order valence-corrected chi connectivity index (χ3v) is 2.67. The Labute approximate surface area is 86.6 Å². The molecule has 2 N–H and O–H groups in total. The molecular formula is C11H22N2O. The van der Waals surface area contributed by atoms with Crippen LogP contribution in [0, 0.1) is 5.92 Å². The third kappa shape index (κ3) is 4.20. The molecule has 1 rings (SSSR count). The topological polar surface area (TPSA) is 46.3 Å². The summed E-state index contributed by atoms with van der Waals surface area (Å²) in [6, 6.07) is 0.353. The van der Waals surface area contributed by atoms with Crippen molar-refractivity contribution in [2.24, 2.45) is 11.7 Å². The van der Waals surface area contributed by atoms with Crippen LogP contribution in [0.4, 0.5) is 0 Å². The lowest BCUT2D eigenvalue weighted by atomic mass is 10.0. The number of Topliss-reactive ketones (excluding diaryl/α,β-unsaturated/α-hetero) is 1. The third-order valence-electron chi connectivity index (χ3n) is 2.67. The van der Waals surface area contributed by atoms with E-state index >= 15 is 0 Å². The predicted molar refractivity (Wildman–Crippen MR) is 58.1 cm³/mol. The second-order valence-corrected chi connectivity index (χ2v) is 4.75. The van der Waals surface area contributed by atoms with Crippen molar-refractivity contribution >= 4 is 5.78 Å². The Balaban J connectivity index is 2.20. The number of carbonyl (C=O) groups excluding carboxylic acids is 1. The molecule has 1 aliphatic heterocycles. The van der Waals surface area contributed by atoms with Gasteiger partial charge in [0.15, 0.2) is 0 Å². The average Bonchev–Trinajstić information content (AvgIpc) is 2.07. The van der Waals surface area contributed by atoms with Crippen LogP contribution in [0.15, 0.2) is 0 Å². The molecule has 1 heterocycles. The van der Waals surface area contributed by atoms with Crippen molar-refractivity contribution in [1.29, 1.82) is 0 Å². The Kier molecular flexibility index (Phi) is 4.55. The summed E-state index contributed by atoms with van der Waals surface area (Å²) in [7, 11) is 0. The molecule has 0 aromatic heterocycles. The molecule has 0 radical (unpaired) electrons. The number of rotatable bonds is 4. The molecule has 0 saturated carbocycles. The molecule has 0 atom stereocenters. The van der Waals surface area contributed by atoms with Gasteiger partial charge >= 0.3 is 0 Å². The van der Waals surface area contributed by atoms with Crippen molar-refractivity contribution in [1.82, 2.24) is 4.90 Å². The minimum atomic E-state index is 0.353. The standard InChI is InChI=1S/C11H22N2O/c1-9(2)7-11(14)8-13-5-3-10(12)4-6-13/h9-10H,3-8,12H2,1-2H3. The number of nitrogens with zero attached hydrogens (tertiary/aromatic N) is 1. The van der Waals surface area contributed by atoms with Crippen LogP contribution >= 0.6 is 0 Å². The molecule has 0 aromatic rings. The van der Waals surface area contributed by atoms with Gasteiger partial charge in [-0.05, 0) is 18.8 Å². The normalized spacial score (nSPS) is 20.3. The summed E-state index contributed by atoms with van der Waals surface area (Å²) in [5, 5.41) is 0. The number of hydrogen-bond donors (Lipinski definition) is 1. The first kappa shape index (κ1) is 11.7. The molecular weight excluding hydrogens is 176 g/mol. The highest BCUT2D eigenvalue weighted by molar-refractivity contribution is 5.80. The molecule has 0 unspecified atom stereocenters. The number of hydrogen-bond acceptors (Lipinski definition) is 3. The zero-order valence-corrected chi connectivity index (χ0v) is 9.33. The second-order valence-electron chi connectivity index (χ2n) is 4.75. The van der Waals surface area contributed by atoms with E-state index in [9.17, 15) is 4.79 Å². The average molecular weight is 198 g/mol. The Hall–Kier alpha value is -0.410. The summed E-state index contributed by atoms with van der Waals surface area (Å²) >= 11 is 0. The van der Waals surface area contributed by atoms with Crippen molar-refractivity contribution in [2.45, 2.75) is 39.2 Å². The van der Waals surface area contributed by atoms with Gasteiger partial charge in [-0.3, -0.25) is 9.69 Å². The SMILES string of the molecule is CC(C)CC(=O)CN1CCC(N)CC1. The van der Waals surface area contributed by atoms with Gasteiger partial charge in [-0.15, -0.1) is 0 Å². The van der Waals surface area contributed by atoms with E-state index in [0.717, 1.165) is 25.9 Å². The van der Waals surface area contributed by atoms with E-state index in [2.05, 4.69) is 18.7 Å². The van der Waals surface area contributed by atoms with E-state index in [1.165, 1.54) is 0 Å². The number of ketones is 1. The fraction of sp³-hybridized carbons (Fsp3) is 0.909. The van der Waals surface area contributed by atoms with Crippen molar-refractivity contribution in [3.63, 3.8) is 0 Å². The Morgan fingerprint density at radius 1 is 1.43 bits per heavy atom. The molecule has 3 heteroatoms. The molecule has 0 aromatic carbocycles. The molecule has 14 heavy (non-hydrogen) atoms. The Morgan fingerprint density at radius 3 is 2.50 bits per heavy atom. The van der Waals surface area contributed by atoms with Gasteiger partial charge in [-0.25, -0.2) is 0 Å². The van der Waals surface area contributed by atoms with E-state index in [4.69, 9.17) is 5.73 Å². The lowest BCUT2D eigenvalue weighted by Gasteiger charge is -2.29. The van der Waals surface area contributed by atoms with E-state index in [-0.39, 0.29) is 0 Å². The maximum atomic E-state index is 11.5. The van der Waals surface area contributed by atoms with Gasteiger partial charge in [0.05, 0.1) is 6.54 Å². The van der Waals surface area contributed by atoms with E-state index in [0.29, 0.717) is 30.7 Å². The fourth-order valence-corrected chi connectivity index (χ4v) is 1.88. The summed E-state index contributed by atoms with van der Waals surface area (Å²) in [5.74, 6) is 0.852. The number of piperidine rings is 1. The van der Waals surface area contributed by atoms with Crippen LogP contribution in [0.2, 0.25) is 0 Å². The summed E-state index contributed by atoms with van der Waals surface area (Å²) < 4.78 is 0. The lowest BCUT2D eigenvalue weighted by Crippen LogP contribution is -2.42. The summed E-state index contributed by atoms with van der Waals surface area (Å²) in [5.41, 5.74) is 5.80. The predicted octanol–water partition coefficient (Wildman–Crippen LogP) is 1.02. The minimum Gasteiger partial charge on any atom is -0.328 e. The first-order chi connectivity index (χ1) is 6.58. The van der Waals surface area contributed by atoms with Gasteiger partial charge in [0, 0.05) is 25.6 Å². The van der Waals surface area contributed by atoms with Crippen LogP contribution in [0.3, 0.4) is 0 Å². The minimum absolute atomic E-state index is 0.353. The lowest BCUT2D eigenvalue weighted by molar-refractivity contribution is -0.121. The van der Waals surface area contributed by atoms with Crippen molar-refractivity contribution in [3.05, 3.63) is 0 Å². The monoisotopic (exact) mass is 198 g/mol. The largest absolute Gasteiger partial charge is 0.328 e. The van der Waals surface area contributed by atoms with E-state index < -0.39 is 0 Å². The van der Waals surface area contributed by atoms with Crippen LogP contribution in [-0.2, 0) is 4.79 Å². The molecule has 0 spiro atoms. The Bertz CT molecular complexity index is 184. The maximum absolute atomic E-state index is 11.5. The van der Waals surface area contributed by atoms with Crippen LogP contribution in [0.1, 0.15) is 33.1 Å². The molecule has 1 aliphatic rings. The van der Waals surface area contributed by atoms with Gasteiger partial charge in [0.25, 0.3) is 0 Å². The zero-order valence-electron chi connectivity index (χ0n) is 9.33. The molecule has 1 fully saturated rings. The van der Waals surface area contributed by atoms with Gasteiger partial charge in [-0.1, -0.05) is 13.8 Å². The zero-order chi connectivity index (χ0) is 10.6. The van der Waals surface area contributed by atoms with Gasteiger partial charge in [0.1, 0.15) is 5.78 Å². The second kappa shape index (κ2) is 5.47. The molecule has 82 valence electrons. The van der Waals surface area contributed by atoms with Crippen LogP contribution in [-0.4, -0.2) is 36.4 Å². The van der Waals surface area contributed by atoms with Crippen LogP contribution < -0.4 is 5.73 Å². The van der Waals surface area contributed by atoms with E-state index in [1.807, 2.05) is 0 Å². The Morgan fingerprint density at radius 2 is 2.00 bits per heavy atom. The smallest absolute Gasteiger partial charge is 0.147 e. The highest BCUT2D eigenvalue weighted by Crippen LogP contribution is 2.09. The van der Waals surface area contributed by atoms with Crippen molar-refractivity contribution < 1.29 is 4.79 Å². The number of carbonyl (C=O) groups is 1. The van der Waals surface area contributed by atoms with Gasteiger partial charge < -0.3 is 5.73 Å². The summed E-state index contributed by atoms with van der Waals surface area (Å²) in [6.45, 7) is 6.79. The van der Waals surface area contributed by atoms with Crippen LogP contribution in [0.5, 0.6) is 0 Å². The van der Waals surface area contributed by atoms with Gasteiger partial charge in [-0.2, -0.15) is 0 Å². The highest BCUT2D eigenvalue weighted by atomic mass is 16.1. The summed E-state index contributed by atoms with van der Waals surface area (Å²) in [4.78, 5) is 13.8. The maximum Gasteiger partial charge on any atom is 0.147 e.